The van der Waals surface area contributed by atoms with Crippen molar-refractivity contribution in [3.8, 4) is 28.4 Å². The van der Waals surface area contributed by atoms with E-state index in [1.165, 1.54) is 0 Å². The molecule has 6 heteroatoms. The van der Waals surface area contributed by atoms with Crippen LogP contribution in [0.25, 0.3) is 22.6 Å². The highest BCUT2D eigenvalue weighted by Gasteiger charge is 2.24. The smallest absolute Gasteiger partial charge is 0.295 e. The second-order valence-electron chi connectivity index (χ2n) is 7.56. The Bertz CT molecular complexity index is 1320. The summed E-state index contributed by atoms with van der Waals surface area (Å²) in [6.07, 6.45) is 0. The second kappa shape index (κ2) is 7.80. The molecular weight excluding hydrogens is 390 g/mol. The van der Waals surface area contributed by atoms with Gasteiger partial charge in [-0.2, -0.15) is 0 Å². The summed E-state index contributed by atoms with van der Waals surface area (Å²) in [5, 5.41) is 0. The Kier molecular flexibility index (Phi) is 5.15. The standard InChI is InChI=1S/C25H25N3O3/c1-16-22(18(3)29)15-23(19-11-13-21(31-5)14-12-19)27(16)24-17(2)26(4)28(25(24)30)20-9-7-6-8-10-20/h6-15H,1-5H3. The Labute approximate surface area is 180 Å². The van der Waals surface area contributed by atoms with Crippen LogP contribution in [-0.4, -0.2) is 26.8 Å². The average molecular weight is 415 g/mol. The van der Waals surface area contributed by atoms with E-state index < -0.39 is 0 Å². The van der Waals surface area contributed by atoms with Crippen molar-refractivity contribution in [2.45, 2.75) is 20.8 Å². The molecule has 0 saturated carbocycles. The van der Waals surface area contributed by atoms with E-state index in [1.54, 1.807) is 18.7 Å². The lowest BCUT2D eigenvalue weighted by Crippen LogP contribution is -2.22. The number of hydrogen-bond acceptors (Lipinski definition) is 3. The molecule has 4 aromatic rings. The van der Waals surface area contributed by atoms with E-state index in [1.807, 2.05) is 90.8 Å². The maximum absolute atomic E-state index is 13.6. The first-order valence-corrected chi connectivity index (χ1v) is 10.1. The van der Waals surface area contributed by atoms with Gasteiger partial charge in [0.2, 0.25) is 0 Å². The van der Waals surface area contributed by atoms with Crippen molar-refractivity contribution in [3.63, 3.8) is 0 Å². The molecule has 4 rings (SSSR count). The highest BCUT2D eigenvalue weighted by atomic mass is 16.5. The third-order valence-electron chi connectivity index (χ3n) is 5.76. The normalized spacial score (nSPS) is 11.0. The third kappa shape index (κ3) is 3.30. The summed E-state index contributed by atoms with van der Waals surface area (Å²) >= 11 is 0. The van der Waals surface area contributed by atoms with E-state index in [9.17, 15) is 9.59 Å². The molecule has 0 radical (unpaired) electrons. The Balaban J connectivity index is 2.03. The Morgan fingerprint density at radius 2 is 1.58 bits per heavy atom. The summed E-state index contributed by atoms with van der Waals surface area (Å²) < 4.78 is 10.7. The molecule has 0 amide bonds. The van der Waals surface area contributed by atoms with Gasteiger partial charge in [0.1, 0.15) is 11.4 Å². The molecule has 6 nitrogen and oxygen atoms in total. The fourth-order valence-electron chi connectivity index (χ4n) is 4.04. The molecule has 0 N–H and O–H groups in total. The van der Waals surface area contributed by atoms with E-state index >= 15 is 0 Å². The first-order chi connectivity index (χ1) is 14.8. The monoisotopic (exact) mass is 415 g/mol. The molecule has 0 bridgehead atoms. The van der Waals surface area contributed by atoms with Crippen LogP contribution in [0.3, 0.4) is 0 Å². The van der Waals surface area contributed by atoms with Crippen LogP contribution in [0.15, 0.2) is 65.5 Å². The van der Waals surface area contributed by atoms with E-state index in [0.717, 1.165) is 34.1 Å². The van der Waals surface area contributed by atoms with Crippen molar-refractivity contribution in [1.82, 2.24) is 13.9 Å². The number of ether oxygens (including phenoxy) is 1. The third-order valence-corrected chi connectivity index (χ3v) is 5.76. The van der Waals surface area contributed by atoms with E-state index in [4.69, 9.17) is 4.74 Å². The Hall–Kier alpha value is -3.80. The van der Waals surface area contributed by atoms with Crippen LogP contribution in [-0.2, 0) is 7.05 Å². The molecule has 0 saturated heterocycles. The molecular formula is C25H25N3O3. The van der Waals surface area contributed by atoms with Crippen LogP contribution in [0, 0.1) is 13.8 Å². The summed E-state index contributed by atoms with van der Waals surface area (Å²) in [6, 6.07) is 19.0. The SMILES string of the molecule is COc1ccc(-c2cc(C(C)=O)c(C)n2-c2c(C)n(C)n(-c3ccccc3)c2=O)cc1. The van der Waals surface area contributed by atoms with Gasteiger partial charge >= 0.3 is 0 Å². The molecule has 0 aliphatic rings. The zero-order valence-electron chi connectivity index (χ0n) is 18.3. The van der Waals surface area contributed by atoms with Crippen molar-refractivity contribution in [2.24, 2.45) is 7.05 Å². The molecule has 0 spiro atoms. The number of rotatable bonds is 5. The number of carbonyl (C=O) groups excluding carboxylic acids is 1. The molecule has 2 heterocycles. The number of carbonyl (C=O) groups is 1. The number of methoxy groups -OCH3 is 1. The molecule has 2 aromatic heterocycles. The number of hydrogen-bond donors (Lipinski definition) is 0. The van der Waals surface area contributed by atoms with Crippen molar-refractivity contribution in [2.75, 3.05) is 7.11 Å². The highest BCUT2D eigenvalue weighted by Crippen LogP contribution is 2.31. The van der Waals surface area contributed by atoms with Gasteiger partial charge in [-0.25, -0.2) is 4.68 Å². The summed E-state index contributed by atoms with van der Waals surface area (Å²) in [5.41, 5.74) is 4.99. The lowest BCUT2D eigenvalue weighted by atomic mass is 10.1. The average Bonchev–Trinajstić information content (AvgIpc) is 3.22. The largest absolute Gasteiger partial charge is 0.497 e. The number of para-hydroxylation sites is 1. The first-order valence-electron chi connectivity index (χ1n) is 10.1. The predicted octanol–water partition coefficient (Wildman–Crippen LogP) is 4.46. The van der Waals surface area contributed by atoms with Gasteiger partial charge in [0.25, 0.3) is 5.56 Å². The van der Waals surface area contributed by atoms with Crippen molar-refractivity contribution in [1.29, 1.82) is 0 Å². The summed E-state index contributed by atoms with van der Waals surface area (Å²) in [4.78, 5) is 26.0. The maximum Gasteiger partial charge on any atom is 0.295 e. The van der Waals surface area contributed by atoms with Crippen LogP contribution >= 0.6 is 0 Å². The fraction of sp³-hybridized carbons (Fsp3) is 0.200. The molecule has 0 aliphatic heterocycles. The minimum atomic E-state index is -0.144. The van der Waals surface area contributed by atoms with Crippen LogP contribution in [0.1, 0.15) is 28.7 Å². The maximum atomic E-state index is 13.6. The molecule has 158 valence electrons. The Morgan fingerprint density at radius 3 is 2.16 bits per heavy atom. The van der Waals surface area contributed by atoms with Gasteiger partial charge in [-0.05, 0) is 68.8 Å². The van der Waals surface area contributed by atoms with E-state index in [0.29, 0.717) is 11.3 Å². The van der Waals surface area contributed by atoms with Gasteiger partial charge in [0.15, 0.2) is 5.78 Å². The topological polar surface area (TPSA) is 58.2 Å². The van der Waals surface area contributed by atoms with Crippen LogP contribution < -0.4 is 10.3 Å². The predicted molar refractivity (Wildman–Crippen MR) is 122 cm³/mol. The first kappa shape index (κ1) is 20.5. The quantitative estimate of drug-likeness (QED) is 0.452. The van der Waals surface area contributed by atoms with E-state index in [2.05, 4.69) is 0 Å². The molecule has 0 atom stereocenters. The zero-order chi connectivity index (χ0) is 22.3. The number of ketones is 1. The molecule has 0 aliphatic carbocycles. The number of Topliss-reactive ketones (excluding diaryl/α,β-unsaturated/α-hetero) is 1. The summed E-state index contributed by atoms with van der Waals surface area (Å²) in [5.74, 6) is 0.704. The highest BCUT2D eigenvalue weighted by molar-refractivity contribution is 5.97. The van der Waals surface area contributed by atoms with E-state index in [-0.39, 0.29) is 11.3 Å². The molecule has 2 aromatic carbocycles. The number of nitrogens with zero attached hydrogens (tertiary/aromatic N) is 3. The van der Waals surface area contributed by atoms with Crippen molar-refractivity contribution < 1.29 is 9.53 Å². The minimum absolute atomic E-state index is 0.0389. The second-order valence-corrected chi connectivity index (χ2v) is 7.56. The lowest BCUT2D eigenvalue weighted by Gasteiger charge is -2.11. The Morgan fingerprint density at radius 1 is 0.935 bits per heavy atom. The van der Waals surface area contributed by atoms with Crippen LogP contribution in [0.2, 0.25) is 0 Å². The van der Waals surface area contributed by atoms with Gasteiger partial charge < -0.3 is 9.30 Å². The van der Waals surface area contributed by atoms with Gasteiger partial charge in [-0.1, -0.05) is 18.2 Å². The van der Waals surface area contributed by atoms with Gasteiger partial charge in [-0.15, -0.1) is 0 Å². The van der Waals surface area contributed by atoms with Crippen molar-refractivity contribution >= 4 is 5.78 Å². The van der Waals surface area contributed by atoms with Gasteiger partial charge in [0, 0.05) is 18.3 Å². The summed E-state index contributed by atoms with van der Waals surface area (Å²) in [6.45, 7) is 5.34. The van der Waals surface area contributed by atoms with Gasteiger partial charge in [0.05, 0.1) is 24.2 Å². The molecule has 0 fully saturated rings. The lowest BCUT2D eigenvalue weighted by molar-refractivity contribution is 0.101. The number of aromatic nitrogens is 3. The minimum Gasteiger partial charge on any atom is -0.497 e. The van der Waals surface area contributed by atoms with Crippen LogP contribution in [0.4, 0.5) is 0 Å². The fourth-order valence-corrected chi connectivity index (χ4v) is 4.04. The summed E-state index contributed by atoms with van der Waals surface area (Å²) in [7, 11) is 3.49. The van der Waals surface area contributed by atoms with Gasteiger partial charge in [-0.3, -0.25) is 14.3 Å². The number of benzene rings is 2. The molecule has 31 heavy (non-hydrogen) atoms. The molecule has 0 unspecified atom stereocenters. The van der Waals surface area contributed by atoms with Crippen molar-refractivity contribution in [3.05, 3.63) is 88.0 Å². The van der Waals surface area contributed by atoms with Crippen LogP contribution in [0.5, 0.6) is 5.75 Å². The zero-order valence-corrected chi connectivity index (χ0v) is 18.3.